The van der Waals surface area contributed by atoms with Gasteiger partial charge in [-0.1, -0.05) is 6.92 Å². The number of alkyl halides is 3. The largest absolute Gasteiger partial charge is 0.402 e. The van der Waals surface area contributed by atoms with Crippen LogP contribution in [0, 0.1) is 0 Å². The standard InChI is InChI=1S/C10H17F3N4O2S2/c1-3-4-14-7(2)8-5-20-9(16-8)17-21(18,19)15-6-10(11,12)13/h5,7,14-15H,3-4,6H2,1-2H3,(H,16,17). The van der Waals surface area contributed by atoms with Gasteiger partial charge in [0, 0.05) is 11.4 Å². The molecular formula is C10H17F3N4O2S2. The first kappa shape index (κ1) is 18.1. The van der Waals surface area contributed by atoms with Gasteiger partial charge in [-0.05, 0) is 19.9 Å². The van der Waals surface area contributed by atoms with Gasteiger partial charge in [0.1, 0.15) is 6.54 Å². The van der Waals surface area contributed by atoms with E-state index in [1.54, 1.807) is 5.38 Å². The molecule has 1 unspecified atom stereocenters. The van der Waals surface area contributed by atoms with Crippen molar-refractivity contribution in [3.63, 3.8) is 0 Å². The Morgan fingerprint density at radius 3 is 2.67 bits per heavy atom. The second-order valence-electron chi connectivity index (χ2n) is 4.30. The molecule has 0 fully saturated rings. The van der Waals surface area contributed by atoms with Gasteiger partial charge < -0.3 is 5.32 Å². The normalized spacial score (nSPS) is 14.1. The molecular weight excluding hydrogens is 329 g/mol. The summed E-state index contributed by atoms with van der Waals surface area (Å²) in [5.41, 5.74) is 0.627. The molecule has 1 atom stereocenters. The van der Waals surface area contributed by atoms with Crippen LogP contribution in [0.5, 0.6) is 0 Å². The van der Waals surface area contributed by atoms with Crippen LogP contribution in [0.2, 0.25) is 0 Å². The number of nitrogens with one attached hydrogen (secondary N) is 3. The fourth-order valence-electron chi connectivity index (χ4n) is 1.33. The van der Waals surface area contributed by atoms with Gasteiger partial charge in [0.25, 0.3) is 0 Å². The molecule has 1 rings (SSSR count). The van der Waals surface area contributed by atoms with Crippen LogP contribution in [0.3, 0.4) is 0 Å². The fourth-order valence-corrected chi connectivity index (χ4v) is 3.20. The van der Waals surface area contributed by atoms with Gasteiger partial charge in [0.15, 0.2) is 5.13 Å². The highest BCUT2D eigenvalue weighted by Gasteiger charge is 2.29. The molecule has 21 heavy (non-hydrogen) atoms. The van der Waals surface area contributed by atoms with E-state index in [0.29, 0.717) is 5.69 Å². The molecule has 0 aliphatic heterocycles. The first-order valence-corrected chi connectivity index (χ1v) is 8.52. The van der Waals surface area contributed by atoms with E-state index in [1.165, 1.54) is 4.72 Å². The number of aromatic nitrogens is 1. The number of hydrogen-bond donors (Lipinski definition) is 3. The molecule has 0 aliphatic carbocycles. The summed E-state index contributed by atoms with van der Waals surface area (Å²) in [6.45, 7) is 3.03. The Labute approximate surface area is 125 Å². The Morgan fingerprint density at radius 2 is 2.10 bits per heavy atom. The van der Waals surface area contributed by atoms with E-state index in [1.807, 2.05) is 18.6 Å². The van der Waals surface area contributed by atoms with Crippen LogP contribution in [0.25, 0.3) is 0 Å². The Hall–Kier alpha value is -0.910. The molecule has 0 spiro atoms. The van der Waals surface area contributed by atoms with Crippen molar-refractivity contribution in [2.75, 3.05) is 17.8 Å². The van der Waals surface area contributed by atoms with Gasteiger partial charge in [-0.2, -0.15) is 26.3 Å². The summed E-state index contributed by atoms with van der Waals surface area (Å²) in [5, 5.41) is 4.84. The maximum Gasteiger partial charge on any atom is 0.402 e. The third kappa shape index (κ3) is 7.07. The quantitative estimate of drug-likeness (QED) is 0.672. The molecule has 6 nitrogen and oxygen atoms in total. The highest BCUT2D eigenvalue weighted by Crippen LogP contribution is 2.21. The Morgan fingerprint density at radius 1 is 1.43 bits per heavy atom. The van der Waals surface area contributed by atoms with E-state index in [4.69, 9.17) is 0 Å². The fraction of sp³-hybridized carbons (Fsp3) is 0.700. The Kier molecular flexibility index (Phi) is 6.38. The number of anilines is 1. The molecule has 11 heteroatoms. The topological polar surface area (TPSA) is 83.1 Å². The minimum Gasteiger partial charge on any atom is -0.309 e. The average Bonchev–Trinajstić information content (AvgIpc) is 2.80. The van der Waals surface area contributed by atoms with Crippen LogP contribution in [0.4, 0.5) is 18.3 Å². The predicted molar refractivity (Wildman–Crippen MR) is 75.4 cm³/mol. The smallest absolute Gasteiger partial charge is 0.309 e. The minimum atomic E-state index is -4.61. The second kappa shape index (κ2) is 7.38. The van der Waals surface area contributed by atoms with Crippen molar-refractivity contribution in [1.29, 1.82) is 0 Å². The predicted octanol–water partition coefficient (Wildman–Crippen LogP) is 2.01. The van der Waals surface area contributed by atoms with Gasteiger partial charge >= 0.3 is 16.4 Å². The molecule has 0 aromatic carbocycles. The lowest BCUT2D eigenvalue weighted by atomic mass is 10.2. The zero-order valence-electron chi connectivity index (χ0n) is 11.5. The lowest BCUT2D eigenvalue weighted by Crippen LogP contribution is -2.37. The zero-order chi connectivity index (χ0) is 16.1. The number of rotatable bonds is 8. The lowest BCUT2D eigenvalue weighted by Gasteiger charge is -2.10. The zero-order valence-corrected chi connectivity index (χ0v) is 13.1. The Bertz CT molecular complexity index is 545. The minimum absolute atomic E-state index is 0.0184. The van der Waals surface area contributed by atoms with Crippen molar-refractivity contribution >= 4 is 26.7 Å². The summed E-state index contributed by atoms with van der Waals surface area (Å²) in [5.74, 6) is 0. The van der Waals surface area contributed by atoms with Crippen molar-refractivity contribution in [2.45, 2.75) is 32.5 Å². The van der Waals surface area contributed by atoms with Crippen LogP contribution in [-0.2, 0) is 10.2 Å². The number of hydrogen-bond acceptors (Lipinski definition) is 5. The van der Waals surface area contributed by atoms with E-state index in [2.05, 4.69) is 10.3 Å². The number of halogens is 3. The van der Waals surface area contributed by atoms with E-state index in [9.17, 15) is 21.6 Å². The third-order valence-corrected chi connectivity index (χ3v) is 4.24. The molecule has 3 N–H and O–H groups in total. The highest BCUT2D eigenvalue weighted by molar-refractivity contribution is 7.91. The van der Waals surface area contributed by atoms with Crippen molar-refractivity contribution in [3.05, 3.63) is 11.1 Å². The number of nitrogens with zero attached hydrogens (tertiary/aromatic N) is 1. The van der Waals surface area contributed by atoms with E-state index in [0.717, 1.165) is 24.3 Å². The highest BCUT2D eigenvalue weighted by atomic mass is 32.2. The maximum atomic E-state index is 12.0. The molecule has 0 saturated heterocycles. The monoisotopic (exact) mass is 346 g/mol. The lowest BCUT2D eigenvalue weighted by molar-refractivity contribution is -0.121. The summed E-state index contributed by atoms with van der Waals surface area (Å²) in [6, 6.07) is -0.0670. The molecule has 0 aliphatic rings. The van der Waals surface area contributed by atoms with Gasteiger partial charge in [-0.25, -0.2) is 9.71 Å². The van der Waals surface area contributed by atoms with Crippen molar-refractivity contribution in [3.8, 4) is 0 Å². The van der Waals surface area contributed by atoms with E-state index < -0.39 is 22.9 Å². The first-order valence-electron chi connectivity index (χ1n) is 6.16. The molecule has 1 heterocycles. The molecule has 122 valence electrons. The van der Waals surface area contributed by atoms with Crippen LogP contribution in [-0.4, -0.2) is 32.7 Å². The molecule has 0 amide bonds. The second-order valence-corrected chi connectivity index (χ2v) is 6.65. The third-order valence-electron chi connectivity index (χ3n) is 2.35. The van der Waals surface area contributed by atoms with Crippen LogP contribution >= 0.6 is 11.3 Å². The van der Waals surface area contributed by atoms with Crippen molar-refractivity contribution in [2.24, 2.45) is 0 Å². The molecule has 0 bridgehead atoms. The summed E-state index contributed by atoms with van der Waals surface area (Å²) in [4.78, 5) is 4.04. The van der Waals surface area contributed by atoms with Crippen molar-refractivity contribution in [1.82, 2.24) is 15.0 Å². The van der Waals surface area contributed by atoms with Gasteiger partial charge in [-0.3, -0.25) is 0 Å². The van der Waals surface area contributed by atoms with Crippen LogP contribution < -0.4 is 14.8 Å². The average molecular weight is 346 g/mol. The summed E-state index contributed by atoms with van der Waals surface area (Å²) in [6.07, 6.45) is -3.67. The van der Waals surface area contributed by atoms with Crippen LogP contribution in [0.15, 0.2) is 5.38 Å². The van der Waals surface area contributed by atoms with E-state index >= 15 is 0 Å². The first-order chi connectivity index (χ1) is 9.63. The molecule has 0 radical (unpaired) electrons. The van der Waals surface area contributed by atoms with E-state index in [-0.39, 0.29) is 11.2 Å². The van der Waals surface area contributed by atoms with Crippen LogP contribution in [0.1, 0.15) is 32.0 Å². The van der Waals surface area contributed by atoms with Gasteiger partial charge in [-0.15, -0.1) is 11.3 Å². The molecule has 0 saturated carbocycles. The number of thiazole rings is 1. The van der Waals surface area contributed by atoms with Crippen molar-refractivity contribution < 1.29 is 21.6 Å². The summed E-state index contributed by atoms with van der Waals surface area (Å²) in [7, 11) is -4.29. The summed E-state index contributed by atoms with van der Waals surface area (Å²) >= 11 is 1.01. The SMILES string of the molecule is CCCNC(C)c1csc(NS(=O)(=O)NCC(F)(F)F)n1. The van der Waals surface area contributed by atoms with Gasteiger partial charge in [0.05, 0.1) is 5.69 Å². The maximum absolute atomic E-state index is 12.0. The summed E-state index contributed by atoms with van der Waals surface area (Å²) < 4.78 is 62.2. The van der Waals surface area contributed by atoms with Gasteiger partial charge in [0.2, 0.25) is 0 Å². The molecule has 1 aromatic rings. The Balaban J connectivity index is 2.61. The molecule has 1 aromatic heterocycles.